The molecular formula is C29H31N3O4. The molecule has 186 valence electrons. The van der Waals surface area contributed by atoms with Crippen LogP contribution in [0.4, 0.5) is 5.82 Å². The summed E-state index contributed by atoms with van der Waals surface area (Å²) in [5, 5.41) is 3.75. The van der Waals surface area contributed by atoms with Gasteiger partial charge in [0.15, 0.2) is 11.5 Å². The third kappa shape index (κ3) is 5.00. The molecule has 0 spiro atoms. The van der Waals surface area contributed by atoms with E-state index in [0.717, 1.165) is 29.1 Å². The van der Waals surface area contributed by atoms with Gasteiger partial charge in [0.25, 0.3) is 0 Å². The van der Waals surface area contributed by atoms with Crippen LogP contribution < -0.4 is 19.5 Å². The van der Waals surface area contributed by atoms with E-state index in [1.807, 2.05) is 36.5 Å². The summed E-state index contributed by atoms with van der Waals surface area (Å²) < 4.78 is 18.3. The molecule has 0 amide bonds. The Labute approximate surface area is 211 Å². The molecule has 0 saturated heterocycles. The number of carbonyl (C=O) groups is 1. The summed E-state index contributed by atoms with van der Waals surface area (Å²) in [6.45, 7) is 11.3. The Morgan fingerprint density at radius 2 is 1.75 bits per heavy atom. The predicted octanol–water partition coefficient (Wildman–Crippen LogP) is 6.58. The average molecular weight is 486 g/mol. The summed E-state index contributed by atoms with van der Waals surface area (Å²) in [4.78, 5) is 17.6. The maximum Gasteiger partial charge on any atom is 0.343 e. The fourth-order valence-corrected chi connectivity index (χ4v) is 4.88. The van der Waals surface area contributed by atoms with Crippen molar-refractivity contribution in [3.05, 3.63) is 72.4 Å². The number of ether oxygens (including phenoxy) is 3. The first-order valence-electron chi connectivity index (χ1n) is 12.1. The number of esters is 1. The lowest BCUT2D eigenvalue weighted by Crippen LogP contribution is -2.36. The van der Waals surface area contributed by atoms with Gasteiger partial charge in [-0.05, 0) is 80.3 Å². The van der Waals surface area contributed by atoms with Gasteiger partial charge in [0.05, 0.1) is 5.56 Å². The van der Waals surface area contributed by atoms with Crippen LogP contribution in [0.3, 0.4) is 0 Å². The van der Waals surface area contributed by atoms with E-state index in [4.69, 9.17) is 19.2 Å². The van der Waals surface area contributed by atoms with E-state index >= 15 is 0 Å². The van der Waals surface area contributed by atoms with Gasteiger partial charge >= 0.3 is 5.97 Å². The first-order chi connectivity index (χ1) is 17.1. The van der Waals surface area contributed by atoms with Crippen LogP contribution in [0.25, 0.3) is 16.9 Å². The van der Waals surface area contributed by atoms with E-state index in [1.54, 1.807) is 30.3 Å². The van der Waals surface area contributed by atoms with E-state index in [0.29, 0.717) is 22.8 Å². The molecule has 0 atom stereocenters. The number of hydrogen-bond donors (Lipinski definition) is 1. The highest BCUT2D eigenvalue weighted by molar-refractivity contribution is 5.92. The number of anilines is 1. The lowest BCUT2D eigenvalue weighted by atomic mass is 9.82. The second-order valence-corrected chi connectivity index (χ2v) is 11.0. The van der Waals surface area contributed by atoms with Gasteiger partial charge in [-0.1, -0.05) is 26.8 Å². The Hall–Kier alpha value is -4.00. The molecule has 2 aromatic heterocycles. The van der Waals surface area contributed by atoms with Crippen LogP contribution >= 0.6 is 0 Å². The predicted molar refractivity (Wildman–Crippen MR) is 140 cm³/mol. The number of carbonyl (C=O) groups excluding carboxylic acids is 1. The highest BCUT2D eigenvalue weighted by Crippen LogP contribution is 2.36. The molecule has 1 aliphatic heterocycles. The topological polar surface area (TPSA) is 74.1 Å². The quantitative estimate of drug-likeness (QED) is 0.246. The van der Waals surface area contributed by atoms with E-state index in [-0.39, 0.29) is 17.7 Å². The smallest absolute Gasteiger partial charge is 0.343 e. The Bertz CT molecular complexity index is 1410. The molecule has 0 unspecified atom stereocenters. The average Bonchev–Trinajstić information content (AvgIpc) is 3.42. The summed E-state index contributed by atoms with van der Waals surface area (Å²) >= 11 is 0. The number of imidazole rings is 1. The number of aromatic nitrogens is 2. The lowest BCUT2D eigenvalue weighted by Gasteiger charge is -2.34. The SMILES string of the molecule is CC(C)(C)CC(C)(C)Nc1c(-c2ccc(OC(=O)c3ccc4c(c3)OCO4)cc2)nc2ccccn12. The van der Waals surface area contributed by atoms with Crippen molar-refractivity contribution in [3.8, 4) is 28.5 Å². The van der Waals surface area contributed by atoms with Crippen molar-refractivity contribution in [2.45, 2.75) is 46.6 Å². The molecule has 0 bridgehead atoms. The number of pyridine rings is 1. The van der Waals surface area contributed by atoms with Gasteiger partial charge in [0.1, 0.15) is 22.9 Å². The van der Waals surface area contributed by atoms with Gasteiger partial charge in [-0.3, -0.25) is 4.40 Å². The molecule has 1 aliphatic rings. The largest absolute Gasteiger partial charge is 0.454 e. The van der Waals surface area contributed by atoms with Gasteiger partial charge in [-0.25, -0.2) is 9.78 Å². The molecule has 0 saturated carbocycles. The van der Waals surface area contributed by atoms with Gasteiger partial charge in [0, 0.05) is 17.3 Å². The zero-order valence-corrected chi connectivity index (χ0v) is 21.3. The van der Waals surface area contributed by atoms with Crippen LogP contribution in [0.5, 0.6) is 17.2 Å². The normalized spacial score (nSPS) is 13.1. The number of hydrogen-bond acceptors (Lipinski definition) is 6. The molecule has 3 heterocycles. The van der Waals surface area contributed by atoms with Gasteiger partial charge < -0.3 is 19.5 Å². The van der Waals surface area contributed by atoms with E-state index in [2.05, 4.69) is 44.3 Å². The van der Waals surface area contributed by atoms with Crippen LogP contribution in [0.15, 0.2) is 66.9 Å². The number of benzene rings is 2. The molecule has 0 fully saturated rings. The van der Waals surface area contributed by atoms with Crippen LogP contribution in [-0.4, -0.2) is 27.7 Å². The molecule has 2 aromatic carbocycles. The highest BCUT2D eigenvalue weighted by Gasteiger charge is 2.28. The maximum atomic E-state index is 12.7. The van der Waals surface area contributed by atoms with Gasteiger partial charge in [-0.2, -0.15) is 0 Å². The van der Waals surface area contributed by atoms with Crippen molar-refractivity contribution in [3.63, 3.8) is 0 Å². The van der Waals surface area contributed by atoms with Crippen molar-refractivity contribution < 1.29 is 19.0 Å². The zero-order chi connectivity index (χ0) is 25.5. The first-order valence-corrected chi connectivity index (χ1v) is 12.1. The molecule has 36 heavy (non-hydrogen) atoms. The Morgan fingerprint density at radius 1 is 1.00 bits per heavy atom. The molecule has 4 aromatic rings. The molecular weight excluding hydrogens is 454 g/mol. The van der Waals surface area contributed by atoms with Crippen molar-refractivity contribution in [1.82, 2.24) is 9.38 Å². The number of rotatable bonds is 6. The van der Waals surface area contributed by atoms with Crippen molar-refractivity contribution >= 4 is 17.4 Å². The first kappa shape index (κ1) is 23.7. The Morgan fingerprint density at radius 3 is 2.50 bits per heavy atom. The minimum Gasteiger partial charge on any atom is -0.454 e. The van der Waals surface area contributed by atoms with Crippen molar-refractivity contribution in [2.24, 2.45) is 5.41 Å². The molecule has 7 nitrogen and oxygen atoms in total. The number of nitrogens with zero attached hydrogens (tertiary/aromatic N) is 2. The molecule has 7 heteroatoms. The highest BCUT2D eigenvalue weighted by atomic mass is 16.7. The summed E-state index contributed by atoms with van der Waals surface area (Å²) in [7, 11) is 0. The van der Waals surface area contributed by atoms with Crippen LogP contribution in [0.1, 0.15) is 51.4 Å². The minimum absolute atomic E-state index is 0.154. The molecule has 5 rings (SSSR count). The fourth-order valence-electron chi connectivity index (χ4n) is 4.88. The summed E-state index contributed by atoms with van der Waals surface area (Å²) in [5.74, 6) is 2.09. The minimum atomic E-state index is -0.458. The third-order valence-corrected chi connectivity index (χ3v) is 5.91. The second-order valence-electron chi connectivity index (χ2n) is 11.0. The maximum absolute atomic E-state index is 12.7. The van der Waals surface area contributed by atoms with Crippen LogP contribution in [0.2, 0.25) is 0 Å². The van der Waals surface area contributed by atoms with Crippen molar-refractivity contribution in [2.75, 3.05) is 12.1 Å². The zero-order valence-electron chi connectivity index (χ0n) is 21.3. The van der Waals surface area contributed by atoms with Gasteiger partial charge in [-0.15, -0.1) is 0 Å². The fraction of sp³-hybridized carbons (Fsp3) is 0.310. The summed E-state index contributed by atoms with van der Waals surface area (Å²) in [6, 6.07) is 18.4. The Kier molecular flexibility index (Phi) is 5.86. The molecule has 0 radical (unpaired) electrons. The third-order valence-electron chi connectivity index (χ3n) is 5.91. The molecule has 0 aliphatic carbocycles. The summed E-state index contributed by atoms with van der Waals surface area (Å²) in [5.41, 5.74) is 3.04. The standard InChI is InChI=1S/C29H31N3O4/c1-28(2,3)17-29(4,5)31-26-25(30-24-8-6-7-15-32(24)26)19-9-12-21(13-10-19)36-27(33)20-11-14-22-23(16-20)35-18-34-22/h6-16,31H,17-18H2,1-5H3. The van der Waals surface area contributed by atoms with Crippen LogP contribution in [-0.2, 0) is 0 Å². The van der Waals surface area contributed by atoms with Gasteiger partial charge in [0.2, 0.25) is 6.79 Å². The van der Waals surface area contributed by atoms with E-state index in [1.165, 1.54) is 0 Å². The summed E-state index contributed by atoms with van der Waals surface area (Å²) in [6.07, 6.45) is 3.00. The van der Waals surface area contributed by atoms with E-state index < -0.39 is 5.97 Å². The second kappa shape index (κ2) is 8.90. The van der Waals surface area contributed by atoms with Crippen LogP contribution in [0, 0.1) is 5.41 Å². The molecule has 1 N–H and O–H groups in total. The van der Waals surface area contributed by atoms with Crippen molar-refractivity contribution in [1.29, 1.82) is 0 Å². The lowest BCUT2D eigenvalue weighted by molar-refractivity contribution is 0.0734. The number of nitrogens with one attached hydrogen (secondary N) is 1. The monoisotopic (exact) mass is 485 g/mol. The Balaban J connectivity index is 1.40. The van der Waals surface area contributed by atoms with E-state index in [9.17, 15) is 4.79 Å². The number of fused-ring (bicyclic) bond motifs is 2.